The van der Waals surface area contributed by atoms with E-state index in [1.54, 1.807) is 0 Å². The SMILES string of the molecule is O=C(O)C1CC(C2CC2)c2ccc(Cl)cc21. The Morgan fingerprint density at radius 2 is 2.06 bits per heavy atom. The molecule has 16 heavy (non-hydrogen) atoms. The molecule has 0 heterocycles. The second-order valence-corrected chi connectivity index (χ2v) is 5.28. The second kappa shape index (κ2) is 3.49. The number of carboxylic acids is 1. The summed E-state index contributed by atoms with van der Waals surface area (Å²) in [4.78, 5) is 11.2. The van der Waals surface area contributed by atoms with Crippen LogP contribution >= 0.6 is 11.6 Å². The Balaban J connectivity index is 2.05. The second-order valence-electron chi connectivity index (χ2n) is 4.84. The Bertz CT molecular complexity index is 451. The van der Waals surface area contributed by atoms with Crippen molar-refractivity contribution in [2.45, 2.75) is 31.1 Å². The average Bonchev–Trinajstić information content (AvgIpc) is 2.99. The van der Waals surface area contributed by atoms with Crippen LogP contribution in [0.3, 0.4) is 0 Å². The smallest absolute Gasteiger partial charge is 0.311 e. The summed E-state index contributed by atoms with van der Waals surface area (Å²) in [5.41, 5.74) is 2.16. The molecule has 0 aliphatic heterocycles. The van der Waals surface area contributed by atoms with Gasteiger partial charge in [0.2, 0.25) is 0 Å². The first-order valence-electron chi connectivity index (χ1n) is 5.69. The minimum absolute atomic E-state index is 0.348. The van der Waals surface area contributed by atoms with Gasteiger partial charge in [-0.15, -0.1) is 0 Å². The summed E-state index contributed by atoms with van der Waals surface area (Å²) >= 11 is 5.94. The molecule has 0 aromatic heterocycles. The quantitative estimate of drug-likeness (QED) is 0.855. The molecule has 2 aliphatic rings. The minimum atomic E-state index is -0.716. The highest BCUT2D eigenvalue weighted by atomic mass is 35.5. The fraction of sp³-hybridized carbons (Fsp3) is 0.462. The van der Waals surface area contributed by atoms with E-state index in [1.807, 2.05) is 18.2 Å². The highest BCUT2D eigenvalue weighted by Gasteiger charge is 2.42. The number of carbonyl (C=O) groups is 1. The largest absolute Gasteiger partial charge is 0.481 e. The molecule has 84 valence electrons. The maximum atomic E-state index is 11.2. The van der Waals surface area contributed by atoms with Gasteiger partial charge < -0.3 is 5.11 Å². The monoisotopic (exact) mass is 236 g/mol. The molecule has 1 aromatic carbocycles. The zero-order valence-corrected chi connectivity index (χ0v) is 9.57. The molecule has 0 bridgehead atoms. The van der Waals surface area contributed by atoms with E-state index in [0.29, 0.717) is 16.9 Å². The number of carboxylic acid groups (broad SMARTS) is 1. The van der Waals surface area contributed by atoms with Crippen molar-refractivity contribution in [2.24, 2.45) is 5.92 Å². The maximum absolute atomic E-state index is 11.2. The van der Waals surface area contributed by atoms with Gasteiger partial charge in [-0.2, -0.15) is 0 Å². The number of hydrogen-bond donors (Lipinski definition) is 1. The van der Waals surface area contributed by atoms with E-state index < -0.39 is 5.97 Å². The van der Waals surface area contributed by atoms with Gasteiger partial charge in [0.25, 0.3) is 0 Å². The summed E-state index contributed by atoms with van der Waals surface area (Å²) in [6, 6.07) is 5.72. The lowest BCUT2D eigenvalue weighted by molar-refractivity contribution is -0.138. The average molecular weight is 237 g/mol. The molecule has 2 unspecified atom stereocenters. The Labute approximate surface area is 99.2 Å². The van der Waals surface area contributed by atoms with Gasteiger partial charge in [0.05, 0.1) is 5.92 Å². The number of benzene rings is 1. The fourth-order valence-corrected chi connectivity index (χ4v) is 3.05. The van der Waals surface area contributed by atoms with E-state index in [-0.39, 0.29) is 5.92 Å². The van der Waals surface area contributed by atoms with Crippen LogP contribution in [-0.2, 0) is 4.79 Å². The summed E-state index contributed by atoms with van der Waals surface area (Å²) in [5, 5.41) is 9.87. The summed E-state index contributed by atoms with van der Waals surface area (Å²) in [7, 11) is 0. The maximum Gasteiger partial charge on any atom is 0.311 e. The van der Waals surface area contributed by atoms with Crippen molar-refractivity contribution >= 4 is 17.6 Å². The molecule has 0 radical (unpaired) electrons. The first kappa shape index (κ1) is 10.2. The van der Waals surface area contributed by atoms with Crippen LogP contribution in [0, 0.1) is 5.92 Å². The topological polar surface area (TPSA) is 37.3 Å². The summed E-state index contributed by atoms with van der Waals surface area (Å²) in [6.07, 6.45) is 3.26. The van der Waals surface area contributed by atoms with Gasteiger partial charge in [-0.1, -0.05) is 17.7 Å². The van der Waals surface area contributed by atoms with Crippen molar-refractivity contribution < 1.29 is 9.90 Å². The molecule has 1 saturated carbocycles. The minimum Gasteiger partial charge on any atom is -0.481 e. The zero-order valence-electron chi connectivity index (χ0n) is 8.82. The van der Waals surface area contributed by atoms with Crippen LogP contribution in [-0.4, -0.2) is 11.1 Å². The van der Waals surface area contributed by atoms with E-state index in [2.05, 4.69) is 0 Å². The molecule has 2 nitrogen and oxygen atoms in total. The van der Waals surface area contributed by atoms with Crippen LogP contribution in [0.5, 0.6) is 0 Å². The summed E-state index contributed by atoms with van der Waals surface area (Å²) in [5.74, 6) is 0.101. The van der Waals surface area contributed by atoms with E-state index in [4.69, 9.17) is 11.6 Å². The van der Waals surface area contributed by atoms with E-state index in [9.17, 15) is 9.90 Å². The molecular formula is C13H13ClO2. The first-order chi connectivity index (χ1) is 7.66. The van der Waals surface area contributed by atoms with Crippen LogP contribution in [0.2, 0.25) is 5.02 Å². The third-order valence-electron chi connectivity index (χ3n) is 3.80. The number of aliphatic carboxylic acids is 1. The van der Waals surface area contributed by atoms with Gasteiger partial charge in [-0.05, 0) is 54.4 Å². The first-order valence-corrected chi connectivity index (χ1v) is 6.07. The molecule has 0 spiro atoms. The van der Waals surface area contributed by atoms with E-state index in [1.165, 1.54) is 18.4 Å². The third kappa shape index (κ3) is 1.52. The van der Waals surface area contributed by atoms with Crippen molar-refractivity contribution in [2.75, 3.05) is 0 Å². The molecule has 3 rings (SSSR count). The molecule has 2 aliphatic carbocycles. The Kier molecular flexibility index (Phi) is 2.21. The number of rotatable bonds is 2. The molecule has 1 aromatic rings. The molecule has 1 N–H and O–H groups in total. The van der Waals surface area contributed by atoms with Gasteiger partial charge in [0.1, 0.15) is 0 Å². The van der Waals surface area contributed by atoms with Gasteiger partial charge in [0, 0.05) is 5.02 Å². The fourth-order valence-electron chi connectivity index (χ4n) is 2.87. The predicted octanol–water partition coefficient (Wildman–Crippen LogP) is 3.41. The van der Waals surface area contributed by atoms with Gasteiger partial charge in [-0.25, -0.2) is 0 Å². The normalized spacial score (nSPS) is 27.8. The Hall–Kier alpha value is -1.02. The molecule has 2 atom stereocenters. The number of fused-ring (bicyclic) bond motifs is 1. The Morgan fingerprint density at radius 3 is 2.69 bits per heavy atom. The van der Waals surface area contributed by atoms with Crippen LogP contribution < -0.4 is 0 Å². The molecule has 1 fully saturated rings. The standard InChI is InChI=1S/C13H13ClO2/c14-8-3-4-9-10(7-1-2-7)6-12(13(15)16)11(9)5-8/h3-5,7,10,12H,1-2,6H2,(H,15,16). The molecular weight excluding hydrogens is 224 g/mol. The highest BCUT2D eigenvalue weighted by molar-refractivity contribution is 6.30. The lowest BCUT2D eigenvalue weighted by Crippen LogP contribution is -2.08. The number of hydrogen-bond acceptors (Lipinski definition) is 1. The number of halogens is 1. The van der Waals surface area contributed by atoms with Crippen molar-refractivity contribution in [3.05, 3.63) is 34.3 Å². The van der Waals surface area contributed by atoms with Crippen LogP contribution in [0.1, 0.15) is 42.2 Å². The highest BCUT2D eigenvalue weighted by Crippen LogP contribution is 2.53. The van der Waals surface area contributed by atoms with Crippen LogP contribution in [0.4, 0.5) is 0 Å². The Morgan fingerprint density at radius 1 is 1.31 bits per heavy atom. The molecule has 3 heteroatoms. The van der Waals surface area contributed by atoms with Crippen molar-refractivity contribution in [3.8, 4) is 0 Å². The lowest BCUT2D eigenvalue weighted by Gasteiger charge is -2.08. The van der Waals surface area contributed by atoms with Crippen LogP contribution in [0.15, 0.2) is 18.2 Å². The van der Waals surface area contributed by atoms with Gasteiger partial charge in [0.15, 0.2) is 0 Å². The van der Waals surface area contributed by atoms with E-state index >= 15 is 0 Å². The zero-order chi connectivity index (χ0) is 11.3. The van der Waals surface area contributed by atoms with Gasteiger partial charge in [-0.3, -0.25) is 4.79 Å². The van der Waals surface area contributed by atoms with Crippen molar-refractivity contribution in [1.29, 1.82) is 0 Å². The van der Waals surface area contributed by atoms with Gasteiger partial charge >= 0.3 is 5.97 Å². The van der Waals surface area contributed by atoms with Crippen LogP contribution in [0.25, 0.3) is 0 Å². The molecule has 0 amide bonds. The summed E-state index contributed by atoms with van der Waals surface area (Å²) < 4.78 is 0. The molecule has 0 saturated heterocycles. The summed E-state index contributed by atoms with van der Waals surface area (Å²) in [6.45, 7) is 0. The predicted molar refractivity (Wildman–Crippen MR) is 61.9 cm³/mol. The third-order valence-corrected chi connectivity index (χ3v) is 4.04. The lowest BCUT2D eigenvalue weighted by atomic mass is 9.96. The van der Waals surface area contributed by atoms with Crippen molar-refractivity contribution in [3.63, 3.8) is 0 Å². The van der Waals surface area contributed by atoms with Crippen molar-refractivity contribution in [1.82, 2.24) is 0 Å². The van der Waals surface area contributed by atoms with E-state index in [0.717, 1.165) is 12.0 Å².